The Morgan fingerprint density at radius 2 is 1.73 bits per heavy atom. The number of hydrogen-bond donors (Lipinski definition) is 2. The molecule has 2 fully saturated rings. The van der Waals surface area contributed by atoms with Crippen molar-refractivity contribution in [2.24, 2.45) is 11.3 Å². The molecule has 1 saturated carbocycles. The van der Waals surface area contributed by atoms with Crippen LogP contribution in [-0.2, 0) is 4.79 Å². The summed E-state index contributed by atoms with van der Waals surface area (Å²) in [5.74, 6) is 0.672. The van der Waals surface area contributed by atoms with E-state index in [4.69, 9.17) is 0 Å². The van der Waals surface area contributed by atoms with Crippen molar-refractivity contribution in [2.45, 2.75) is 77.3 Å². The van der Waals surface area contributed by atoms with E-state index in [0.29, 0.717) is 18.9 Å². The van der Waals surface area contributed by atoms with Crippen LogP contribution in [0.15, 0.2) is 0 Å². The predicted octanol–water partition coefficient (Wildman–Crippen LogP) is 2.55. The molecule has 2 aliphatic rings. The van der Waals surface area contributed by atoms with Gasteiger partial charge in [-0.2, -0.15) is 0 Å². The fourth-order valence-electron chi connectivity index (χ4n) is 4.72. The monoisotopic (exact) mass is 310 g/mol. The molecule has 0 aromatic rings. The summed E-state index contributed by atoms with van der Waals surface area (Å²) in [4.78, 5) is 14.4. The standard InChI is InChI=1S/C18H34N2O2/c1-16(2)10-14(11-17(3,4)19-16)9-15(22)20(5)12-18(13-21)7-6-8-18/h14,19,21H,6-13H2,1-5H3. The highest BCUT2D eigenvalue weighted by atomic mass is 16.3. The number of rotatable bonds is 5. The molecule has 2 N–H and O–H groups in total. The minimum atomic E-state index is -0.0168. The van der Waals surface area contributed by atoms with Gasteiger partial charge in [0.05, 0.1) is 6.61 Å². The first-order valence-electron chi connectivity index (χ1n) is 8.71. The lowest BCUT2D eigenvalue weighted by Gasteiger charge is -2.47. The predicted molar refractivity (Wildman–Crippen MR) is 89.6 cm³/mol. The van der Waals surface area contributed by atoms with Crippen molar-refractivity contribution in [3.63, 3.8) is 0 Å². The van der Waals surface area contributed by atoms with Crippen molar-refractivity contribution in [1.29, 1.82) is 0 Å². The zero-order valence-electron chi connectivity index (χ0n) is 15.0. The Kier molecular flexibility index (Phi) is 4.94. The summed E-state index contributed by atoms with van der Waals surface area (Å²) < 4.78 is 0. The van der Waals surface area contributed by atoms with Crippen LogP contribution in [0.1, 0.15) is 66.2 Å². The van der Waals surface area contributed by atoms with E-state index in [2.05, 4.69) is 33.0 Å². The van der Waals surface area contributed by atoms with Crippen molar-refractivity contribution < 1.29 is 9.90 Å². The molecule has 4 nitrogen and oxygen atoms in total. The summed E-state index contributed by atoms with van der Waals surface area (Å²) >= 11 is 0. The third-order valence-corrected chi connectivity index (χ3v) is 5.49. The highest BCUT2D eigenvalue weighted by Crippen LogP contribution is 2.41. The van der Waals surface area contributed by atoms with E-state index in [-0.39, 0.29) is 29.0 Å². The Bertz CT molecular complexity index is 392. The molecular formula is C18H34N2O2. The Labute approximate surface area is 135 Å². The van der Waals surface area contributed by atoms with Gasteiger partial charge in [0.2, 0.25) is 5.91 Å². The van der Waals surface area contributed by atoms with E-state index < -0.39 is 0 Å². The topological polar surface area (TPSA) is 52.6 Å². The Balaban J connectivity index is 1.90. The highest BCUT2D eigenvalue weighted by molar-refractivity contribution is 5.76. The van der Waals surface area contributed by atoms with Gasteiger partial charge in [-0.1, -0.05) is 6.42 Å². The minimum absolute atomic E-state index is 0.0168. The summed E-state index contributed by atoms with van der Waals surface area (Å²) in [6.07, 6.45) is 6.00. The first-order chi connectivity index (χ1) is 10.1. The van der Waals surface area contributed by atoms with Crippen LogP contribution in [0, 0.1) is 11.3 Å². The van der Waals surface area contributed by atoms with Gasteiger partial charge in [-0.15, -0.1) is 0 Å². The summed E-state index contributed by atoms with van der Waals surface area (Å²) in [7, 11) is 1.90. The van der Waals surface area contributed by atoms with Gasteiger partial charge in [0, 0.05) is 36.5 Å². The van der Waals surface area contributed by atoms with Gasteiger partial charge in [-0.3, -0.25) is 4.79 Å². The summed E-state index contributed by atoms with van der Waals surface area (Å²) in [6, 6.07) is 0. The van der Waals surface area contributed by atoms with Gasteiger partial charge in [-0.05, 0) is 59.3 Å². The maximum atomic E-state index is 12.6. The molecule has 0 unspecified atom stereocenters. The number of aliphatic hydroxyl groups is 1. The Hall–Kier alpha value is -0.610. The van der Waals surface area contributed by atoms with Crippen LogP contribution in [0.3, 0.4) is 0 Å². The van der Waals surface area contributed by atoms with Gasteiger partial charge in [0.1, 0.15) is 0 Å². The molecule has 4 heteroatoms. The maximum Gasteiger partial charge on any atom is 0.222 e. The molecule has 1 saturated heterocycles. The van der Waals surface area contributed by atoms with Crippen molar-refractivity contribution in [3.8, 4) is 0 Å². The van der Waals surface area contributed by atoms with Crippen LogP contribution >= 0.6 is 0 Å². The molecule has 0 radical (unpaired) electrons. The van der Waals surface area contributed by atoms with E-state index in [1.54, 1.807) is 0 Å². The van der Waals surface area contributed by atoms with E-state index in [1.807, 2.05) is 11.9 Å². The smallest absolute Gasteiger partial charge is 0.222 e. The first-order valence-corrected chi connectivity index (χ1v) is 8.71. The summed E-state index contributed by atoms with van der Waals surface area (Å²) in [6.45, 7) is 9.82. The molecule has 1 amide bonds. The zero-order chi connectivity index (χ0) is 16.6. The molecule has 1 heterocycles. The van der Waals surface area contributed by atoms with Crippen LogP contribution in [-0.4, -0.2) is 47.2 Å². The van der Waals surface area contributed by atoms with E-state index >= 15 is 0 Å². The van der Waals surface area contributed by atoms with Crippen molar-refractivity contribution in [3.05, 3.63) is 0 Å². The quantitative estimate of drug-likeness (QED) is 0.820. The van der Waals surface area contributed by atoms with Crippen LogP contribution in [0.5, 0.6) is 0 Å². The van der Waals surface area contributed by atoms with Gasteiger partial charge in [0.25, 0.3) is 0 Å². The number of carbonyl (C=O) groups is 1. The number of nitrogens with zero attached hydrogens (tertiary/aromatic N) is 1. The first kappa shape index (κ1) is 17.7. The third kappa shape index (κ3) is 4.23. The molecule has 0 spiro atoms. The molecule has 0 bridgehead atoms. The molecule has 2 rings (SSSR count). The van der Waals surface area contributed by atoms with Crippen LogP contribution in [0.25, 0.3) is 0 Å². The van der Waals surface area contributed by atoms with Crippen LogP contribution < -0.4 is 5.32 Å². The number of piperidine rings is 1. The lowest BCUT2D eigenvalue weighted by Crippen LogP contribution is -2.58. The second-order valence-corrected chi connectivity index (χ2v) is 9.13. The molecule has 128 valence electrons. The zero-order valence-corrected chi connectivity index (χ0v) is 15.0. The molecular weight excluding hydrogens is 276 g/mol. The van der Waals surface area contributed by atoms with Crippen molar-refractivity contribution >= 4 is 5.91 Å². The Morgan fingerprint density at radius 3 is 2.14 bits per heavy atom. The van der Waals surface area contributed by atoms with Crippen LogP contribution in [0.4, 0.5) is 0 Å². The second kappa shape index (κ2) is 6.12. The number of nitrogens with one attached hydrogen (secondary N) is 1. The van der Waals surface area contributed by atoms with E-state index in [9.17, 15) is 9.90 Å². The van der Waals surface area contributed by atoms with Crippen molar-refractivity contribution in [2.75, 3.05) is 20.2 Å². The van der Waals surface area contributed by atoms with E-state index in [0.717, 1.165) is 25.7 Å². The van der Waals surface area contributed by atoms with Gasteiger partial charge < -0.3 is 15.3 Å². The highest BCUT2D eigenvalue weighted by Gasteiger charge is 2.40. The number of amides is 1. The number of carbonyl (C=O) groups excluding carboxylic acids is 1. The second-order valence-electron chi connectivity index (χ2n) is 9.13. The molecule has 0 aromatic carbocycles. The summed E-state index contributed by atoms with van der Waals surface area (Å²) in [5, 5.41) is 13.3. The third-order valence-electron chi connectivity index (χ3n) is 5.49. The lowest BCUT2D eigenvalue weighted by atomic mass is 9.69. The Morgan fingerprint density at radius 1 is 1.18 bits per heavy atom. The molecule has 0 atom stereocenters. The number of hydrogen-bond acceptors (Lipinski definition) is 3. The average Bonchev–Trinajstić information content (AvgIpc) is 2.29. The fraction of sp³-hybridized carbons (Fsp3) is 0.944. The normalized spacial score (nSPS) is 26.3. The van der Waals surface area contributed by atoms with Gasteiger partial charge >= 0.3 is 0 Å². The van der Waals surface area contributed by atoms with E-state index in [1.165, 1.54) is 6.42 Å². The van der Waals surface area contributed by atoms with Crippen molar-refractivity contribution in [1.82, 2.24) is 10.2 Å². The molecule has 1 aliphatic heterocycles. The van der Waals surface area contributed by atoms with Crippen LogP contribution in [0.2, 0.25) is 0 Å². The summed E-state index contributed by atoms with van der Waals surface area (Å²) in [5.41, 5.74) is 0.161. The number of aliphatic hydroxyl groups excluding tert-OH is 1. The maximum absolute atomic E-state index is 12.6. The SMILES string of the molecule is CN(CC1(CO)CCC1)C(=O)CC1CC(C)(C)NC(C)(C)C1. The van der Waals surface area contributed by atoms with Gasteiger partial charge in [0.15, 0.2) is 0 Å². The lowest BCUT2D eigenvalue weighted by molar-refractivity contribution is -0.134. The average molecular weight is 310 g/mol. The molecule has 1 aliphatic carbocycles. The fourth-order valence-corrected chi connectivity index (χ4v) is 4.72. The minimum Gasteiger partial charge on any atom is -0.396 e. The molecule has 0 aromatic heterocycles. The largest absolute Gasteiger partial charge is 0.396 e. The van der Waals surface area contributed by atoms with Gasteiger partial charge in [-0.25, -0.2) is 0 Å². The molecule has 22 heavy (non-hydrogen) atoms.